The van der Waals surface area contributed by atoms with Crippen LogP contribution in [-0.4, -0.2) is 35.5 Å². The molecule has 0 spiro atoms. The highest BCUT2D eigenvalue weighted by atomic mass is 16.2. The van der Waals surface area contributed by atoms with Gasteiger partial charge in [-0.25, -0.2) is 0 Å². The molecule has 0 radical (unpaired) electrons. The third kappa shape index (κ3) is 3.31. The second-order valence-corrected chi connectivity index (χ2v) is 6.34. The number of nitriles is 1. The van der Waals surface area contributed by atoms with Crippen LogP contribution in [0.25, 0.3) is 0 Å². The van der Waals surface area contributed by atoms with Crippen LogP contribution in [0.15, 0.2) is 30.3 Å². The average Bonchev–Trinajstić information content (AvgIpc) is 3.22. The Morgan fingerprint density at radius 2 is 2.09 bits per heavy atom. The topological polar surface area (TPSA) is 56.1 Å². The Bertz CT molecular complexity index is 551. The first-order valence-electron chi connectivity index (χ1n) is 8.28. The molecular formula is C18H23N3O. The van der Waals surface area contributed by atoms with Crippen molar-refractivity contribution >= 4 is 5.91 Å². The highest BCUT2D eigenvalue weighted by Gasteiger charge is 2.36. The van der Waals surface area contributed by atoms with Gasteiger partial charge in [0.1, 0.15) is 6.04 Å². The Labute approximate surface area is 132 Å². The third-order valence-corrected chi connectivity index (χ3v) is 4.85. The van der Waals surface area contributed by atoms with Crippen LogP contribution in [0.4, 0.5) is 0 Å². The van der Waals surface area contributed by atoms with Crippen LogP contribution >= 0.6 is 0 Å². The highest BCUT2D eigenvalue weighted by Crippen LogP contribution is 2.23. The molecule has 0 unspecified atom stereocenters. The Morgan fingerprint density at radius 1 is 1.27 bits per heavy atom. The second kappa shape index (κ2) is 6.93. The number of amides is 1. The van der Waals surface area contributed by atoms with Gasteiger partial charge >= 0.3 is 0 Å². The summed E-state index contributed by atoms with van der Waals surface area (Å²) in [7, 11) is 0. The first-order chi connectivity index (χ1) is 10.8. The number of hydrogen-bond acceptors (Lipinski definition) is 3. The standard InChI is InChI=1S/C18H23N3O/c19-13-16-7-4-12-21(16)18(22)17-11-10-15(20-17)9-8-14-5-2-1-3-6-14/h1-3,5-6,15-17,20H,4,7-12H2/t15-,16-,17-/m0/s1. The molecule has 1 amide bonds. The number of carbonyl (C=O) groups is 1. The summed E-state index contributed by atoms with van der Waals surface area (Å²) in [5.41, 5.74) is 1.35. The van der Waals surface area contributed by atoms with Gasteiger partial charge in [-0.05, 0) is 44.1 Å². The van der Waals surface area contributed by atoms with Crippen LogP contribution in [0.2, 0.25) is 0 Å². The van der Waals surface area contributed by atoms with Gasteiger partial charge in [0.05, 0.1) is 12.1 Å². The van der Waals surface area contributed by atoms with E-state index in [4.69, 9.17) is 5.26 Å². The Hall–Kier alpha value is -1.86. The number of carbonyl (C=O) groups excluding carboxylic acids is 1. The van der Waals surface area contributed by atoms with Gasteiger partial charge in [-0.2, -0.15) is 5.26 Å². The zero-order chi connectivity index (χ0) is 15.4. The lowest BCUT2D eigenvalue weighted by molar-refractivity contribution is -0.133. The van der Waals surface area contributed by atoms with Crippen LogP contribution < -0.4 is 5.32 Å². The normalized spacial score (nSPS) is 27.8. The molecular weight excluding hydrogens is 274 g/mol. The summed E-state index contributed by atoms with van der Waals surface area (Å²) in [6.45, 7) is 0.740. The molecule has 1 aromatic carbocycles. The molecule has 2 fully saturated rings. The summed E-state index contributed by atoms with van der Waals surface area (Å²) in [6.07, 6.45) is 5.83. The van der Waals surface area contributed by atoms with Crippen LogP contribution in [0.5, 0.6) is 0 Å². The van der Waals surface area contributed by atoms with E-state index in [0.29, 0.717) is 6.04 Å². The molecule has 2 aliphatic heterocycles. The van der Waals surface area contributed by atoms with Crippen molar-refractivity contribution in [3.63, 3.8) is 0 Å². The predicted octanol–water partition coefficient (Wildman–Crippen LogP) is 2.25. The summed E-state index contributed by atoms with van der Waals surface area (Å²) in [5.74, 6) is 0.131. The molecule has 3 rings (SSSR count). The van der Waals surface area contributed by atoms with Gasteiger partial charge in [-0.1, -0.05) is 30.3 Å². The number of benzene rings is 1. The fourth-order valence-corrected chi connectivity index (χ4v) is 3.59. The van der Waals surface area contributed by atoms with Gasteiger partial charge < -0.3 is 10.2 Å². The van der Waals surface area contributed by atoms with Crippen molar-refractivity contribution in [1.29, 1.82) is 5.26 Å². The fourth-order valence-electron chi connectivity index (χ4n) is 3.59. The SMILES string of the molecule is N#C[C@@H]1CCCN1C(=O)[C@@H]1CC[C@H](CCc2ccccc2)N1. The van der Waals surface area contributed by atoms with E-state index >= 15 is 0 Å². The van der Waals surface area contributed by atoms with Gasteiger partial charge in [-0.15, -0.1) is 0 Å². The number of hydrogen-bond donors (Lipinski definition) is 1. The number of nitrogens with one attached hydrogen (secondary N) is 1. The summed E-state index contributed by atoms with van der Waals surface area (Å²) < 4.78 is 0. The quantitative estimate of drug-likeness (QED) is 0.927. The zero-order valence-corrected chi connectivity index (χ0v) is 12.9. The molecule has 22 heavy (non-hydrogen) atoms. The molecule has 0 aromatic heterocycles. The molecule has 1 aromatic rings. The molecule has 2 heterocycles. The molecule has 0 saturated carbocycles. The minimum Gasteiger partial charge on any atom is -0.325 e. The molecule has 116 valence electrons. The first-order valence-corrected chi connectivity index (χ1v) is 8.28. The largest absolute Gasteiger partial charge is 0.325 e. The van der Waals surface area contributed by atoms with Crippen molar-refractivity contribution in [2.75, 3.05) is 6.54 Å². The minimum absolute atomic E-state index is 0.0882. The molecule has 0 aliphatic carbocycles. The van der Waals surface area contributed by atoms with Crippen molar-refractivity contribution < 1.29 is 4.79 Å². The van der Waals surface area contributed by atoms with Crippen LogP contribution in [0.3, 0.4) is 0 Å². The maximum atomic E-state index is 12.5. The average molecular weight is 297 g/mol. The van der Waals surface area contributed by atoms with Crippen molar-refractivity contribution in [3.05, 3.63) is 35.9 Å². The Balaban J connectivity index is 1.50. The van der Waals surface area contributed by atoms with Gasteiger partial charge in [0.25, 0.3) is 0 Å². The first kappa shape index (κ1) is 15.1. The van der Waals surface area contributed by atoms with Crippen molar-refractivity contribution in [1.82, 2.24) is 10.2 Å². The number of rotatable bonds is 4. The molecule has 2 saturated heterocycles. The van der Waals surface area contributed by atoms with Crippen LogP contribution in [0.1, 0.15) is 37.7 Å². The minimum atomic E-state index is -0.210. The second-order valence-electron chi connectivity index (χ2n) is 6.34. The third-order valence-electron chi connectivity index (χ3n) is 4.85. The van der Waals surface area contributed by atoms with Crippen molar-refractivity contribution in [2.45, 2.75) is 56.7 Å². The van der Waals surface area contributed by atoms with E-state index in [2.05, 4.69) is 35.7 Å². The number of likely N-dealkylation sites (tertiary alicyclic amines) is 1. The predicted molar refractivity (Wildman–Crippen MR) is 85.1 cm³/mol. The number of aryl methyl sites for hydroxylation is 1. The molecule has 1 N–H and O–H groups in total. The Kier molecular flexibility index (Phi) is 4.74. The van der Waals surface area contributed by atoms with Crippen molar-refractivity contribution in [2.24, 2.45) is 0 Å². The lowest BCUT2D eigenvalue weighted by Crippen LogP contribution is -2.46. The van der Waals surface area contributed by atoms with E-state index in [9.17, 15) is 4.79 Å². The smallest absolute Gasteiger partial charge is 0.240 e. The van der Waals surface area contributed by atoms with Crippen LogP contribution in [0, 0.1) is 11.3 Å². The zero-order valence-electron chi connectivity index (χ0n) is 12.9. The summed E-state index contributed by atoms with van der Waals surface area (Å²) in [4.78, 5) is 14.3. The molecule has 4 heteroatoms. The van der Waals surface area contributed by atoms with Gasteiger partial charge in [0, 0.05) is 12.6 Å². The van der Waals surface area contributed by atoms with Gasteiger partial charge in [0.2, 0.25) is 5.91 Å². The van der Waals surface area contributed by atoms with Crippen LogP contribution in [-0.2, 0) is 11.2 Å². The van der Waals surface area contributed by atoms with Gasteiger partial charge in [-0.3, -0.25) is 4.79 Å². The van der Waals surface area contributed by atoms with E-state index in [0.717, 1.165) is 45.1 Å². The molecule has 0 bridgehead atoms. The molecule has 2 aliphatic rings. The molecule has 3 atom stereocenters. The van der Waals surface area contributed by atoms with E-state index in [-0.39, 0.29) is 18.0 Å². The summed E-state index contributed by atoms with van der Waals surface area (Å²) >= 11 is 0. The monoisotopic (exact) mass is 297 g/mol. The van der Waals surface area contributed by atoms with E-state index in [1.165, 1.54) is 5.56 Å². The summed E-state index contributed by atoms with van der Waals surface area (Å²) in [6, 6.07) is 12.8. The maximum Gasteiger partial charge on any atom is 0.240 e. The Morgan fingerprint density at radius 3 is 2.86 bits per heavy atom. The van der Waals surface area contributed by atoms with E-state index < -0.39 is 0 Å². The number of nitrogens with zero attached hydrogens (tertiary/aromatic N) is 2. The van der Waals surface area contributed by atoms with Crippen molar-refractivity contribution in [3.8, 4) is 6.07 Å². The van der Waals surface area contributed by atoms with E-state index in [1.54, 1.807) is 4.90 Å². The maximum absolute atomic E-state index is 12.5. The lowest BCUT2D eigenvalue weighted by atomic mass is 10.0. The highest BCUT2D eigenvalue weighted by molar-refractivity contribution is 5.83. The molecule has 4 nitrogen and oxygen atoms in total. The van der Waals surface area contributed by atoms with Gasteiger partial charge in [0.15, 0.2) is 0 Å². The fraction of sp³-hybridized carbons (Fsp3) is 0.556. The van der Waals surface area contributed by atoms with E-state index in [1.807, 2.05) is 6.07 Å². The summed E-state index contributed by atoms with van der Waals surface area (Å²) in [5, 5.41) is 12.6. The lowest BCUT2D eigenvalue weighted by Gasteiger charge is -2.23.